The SMILES string of the molecule is CC(C)(C)S(=O)(=O)C[C@@H](Cc1ccccc1)C(=O)N[C@@H](Cc1cnc[nH]1)C(=O)N[C@@H](CC1CCCCC1)[C@@H](O)[C@@H](F)C1CC1. The van der Waals surface area contributed by atoms with Crippen LogP contribution in [0.2, 0.25) is 0 Å². The highest BCUT2D eigenvalue weighted by atomic mass is 32.2. The molecule has 0 radical (unpaired) electrons. The molecule has 5 atom stereocenters. The van der Waals surface area contributed by atoms with E-state index in [4.69, 9.17) is 0 Å². The zero-order valence-corrected chi connectivity index (χ0v) is 27.0. The summed E-state index contributed by atoms with van der Waals surface area (Å²) in [7, 11) is -3.68. The van der Waals surface area contributed by atoms with E-state index in [1.165, 1.54) is 6.33 Å². The Kier molecular flexibility index (Phi) is 11.6. The second-order valence-corrected chi connectivity index (χ2v) is 16.5. The third-order valence-electron chi connectivity index (χ3n) is 9.11. The summed E-state index contributed by atoms with van der Waals surface area (Å²) >= 11 is 0. The van der Waals surface area contributed by atoms with Gasteiger partial charge in [0.05, 0.1) is 28.8 Å². The molecule has 4 N–H and O–H groups in total. The largest absolute Gasteiger partial charge is 0.388 e. The predicted molar refractivity (Wildman–Crippen MR) is 168 cm³/mol. The van der Waals surface area contributed by atoms with Gasteiger partial charge in [0.15, 0.2) is 9.84 Å². The number of sulfone groups is 1. The first kappa shape index (κ1) is 34.1. The van der Waals surface area contributed by atoms with Crippen LogP contribution in [0.5, 0.6) is 0 Å². The maximum atomic E-state index is 15.2. The first-order chi connectivity index (χ1) is 20.8. The van der Waals surface area contributed by atoms with Crippen LogP contribution in [0, 0.1) is 17.8 Å². The number of nitrogens with zero attached hydrogens (tertiary/aromatic N) is 1. The molecule has 1 aromatic heterocycles. The highest BCUT2D eigenvalue weighted by Crippen LogP contribution is 2.38. The van der Waals surface area contributed by atoms with Crippen molar-refractivity contribution >= 4 is 21.7 Å². The van der Waals surface area contributed by atoms with Crippen molar-refractivity contribution in [3.05, 3.63) is 54.1 Å². The molecule has 244 valence electrons. The summed E-state index contributed by atoms with van der Waals surface area (Å²) in [4.78, 5) is 34.7. The number of rotatable bonds is 15. The van der Waals surface area contributed by atoms with E-state index in [2.05, 4.69) is 20.6 Å². The minimum absolute atomic E-state index is 0.0651. The van der Waals surface area contributed by atoms with Gasteiger partial charge in [-0.05, 0) is 63.9 Å². The van der Waals surface area contributed by atoms with Crippen LogP contribution < -0.4 is 10.6 Å². The molecule has 0 bridgehead atoms. The summed E-state index contributed by atoms with van der Waals surface area (Å²) in [5, 5.41) is 16.8. The van der Waals surface area contributed by atoms with Gasteiger partial charge in [-0.15, -0.1) is 0 Å². The van der Waals surface area contributed by atoms with Crippen molar-refractivity contribution in [1.29, 1.82) is 0 Å². The third kappa shape index (κ3) is 9.60. The molecule has 2 aliphatic rings. The lowest BCUT2D eigenvalue weighted by Crippen LogP contribution is -2.56. The van der Waals surface area contributed by atoms with Crippen molar-refractivity contribution in [2.45, 2.75) is 114 Å². The molecule has 11 heteroatoms. The minimum atomic E-state index is -3.68. The Balaban J connectivity index is 1.56. The summed E-state index contributed by atoms with van der Waals surface area (Å²) in [5.74, 6) is -2.37. The van der Waals surface area contributed by atoms with E-state index in [1.54, 1.807) is 27.0 Å². The van der Waals surface area contributed by atoms with Crippen LogP contribution in [0.25, 0.3) is 0 Å². The number of carbonyl (C=O) groups excluding carboxylic acids is 2. The maximum Gasteiger partial charge on any atom is 0.243 e. The van der Waals surface area contributed by atoms with E-state index >= 15 is 4.39 Å². The number of nitrogens with one attached hydrogen (secondary N) is 3. The van der Waals surface area contributed by atoms with E-state index in [-0.39, 0.29) is 30.4 Å². The second kappa shape index (κ2) is 15.0. The molecular weight excluding hydrogens is 583 g/mol. The van der Waals surface area contributed by atoms with Gasteiger partial charge in [-0.2, -0.15) is 0 Å². The maximum absolute atomic E-state index is 15.2. The zero-order chi connectivity index (χ0) is 31.9. The number of hydrogen-bond acceptors (Lipinski definition) is 6. The van der Waals surface area contributed by atoms with E-state index in [9.17, 15) is 23.1 Å². The van der Waals surface area contributed by atoms with Crippen LogP contribution in [0.3, 0.4) is 0 Å². The zero-order valence-electron chi connectivity index (χ0n) is 26.2. The number of hydrogen-bond donors (Lipinski definition) is 4. The predicted octanol–water partition coefficient (Wildman–Crippen LogP) is 4.07. The number of imidazole rings is 1. The highest BCUT2D eigenvalue weighted by molar-refractivity contribution is 7.92. The number of amides is 2. The molecule has 9 nitrogen and oxygen atoms in total. The number of benzene rings is 1. The molecule has 0 saturated heterocycles. The number of H-pyrrole nitrogens is 1. The van der Waals surface area contributed by atoms with Gasteiger partial charge in [0, 0.05) is 18.3 Å². The number of aromatic amines is 1. The van der Waals surface area contributed by atoms with Crippen molar-refractivity contribution in [2.75, 3.05) is 5.75 Å². The summed E-state index contributed by atoms with van der Waals surface area (Å²) < 4.78 is 40.6. The van der Waals surface area contributed by atoms with E-state index in [1.807, 2.05) is 30.3 Å². The fourth-order valence-corrected chi connectivity index (χ4v) is 7.32. The molecule has 0 spiro atoms. The lowest BCUT2D eigenvalue weighted by atomic mass is 9.82. The fraction of sp³-hybridized carbons (Fsp3) is 0.667. The smallest absolute Gasteiger partial charge is 0.243 e. The van der Waals surface area contributed by atoms with E-state index in [0.29, 0.717) is 12.1 Å². The van der Waals surface area contributed by atoms with Crippen molar-refractivity contribution in [3.8, 4) is 0 Å². The summed E-state index contributed by atoms with van der Waals surface area (Å²) in [5.41, 5.74) is 1.40. The van der Waals surface area contributed by atoms with Crippen LogP contribution in [0.4, 0.5) is 4.39 Å². The molecule has 1 aromatic carbocycles. The molecule has 44 heavy (non-hydrogen) atoms. The summed E-state index contributed by atoms with van der Waals surface area (Å²) in [6.45, 7) is 4.81. The van der Waals surface area contributed by atoms with Crippen LogP contribution in [-0.2, 0) is 32.3 Å². The normalized spacial score (nSPS) is 19.8. The molecule has 2 amide bonds. The quantitative estimate of drug-likeness (QED) is 0.233. The lowest BCUT2D eigenvalue weighted by molar-refractivity contribution is -0.132. The Morgan fingerprint density at radius 2 is 1.70 bits per heavy atom. The first-order valence-electron chi connectivity index (χ1n) is 16.0. The minimum Gasteiger partial charge on any atom is -0.388 e. The average molecular weight is 633 g/mol. The van der Waals surface area contributed by atoms with Crippen molar-refractivity contribution in [3.63, 3.8) is 0 Å². The van der Waals surface area contributed by atoms with Gasteiger partial charge in [0.2, 0.25) is 11.8 Å². The molecule has 1 heterocycles. The van der Waals surface area contributed by atoms with Gasteiger partial charge in [-0.25, -0.2) is 17.8 Å². The molecule has 2 fully saturated rings. The van der Waals surface area contributed by atoms with Crippen LogP contribution >= 0.6 is 0 Å². The molecule has 2 aromatic rings. The van der Waals surface area contributed by atoms with Gasteiger partial charge < -0.3 is 20.7 Å². The molecule has 4 rings (SSSR count). The van der Waals surface area contributed by atoms with Gasteiger partial charge in [0.1, 0.15) is 18.3 Å². The number of carbonyl (C=O) groups is 2. The Morgan fingerprint density at radius 1 is 1.02 bits per heavy atom. The Labute approximate surface area is 261 Å². The highest BCUT2D eigenvalue weighted by Gasteiger charge is 2.42. The van der Waals surface area contributed by atoms with Crippen LogP contribution in [0.1, 0.15) is 83.4 Å². The number of halogens is 1. The standard InChI is InChI=1S/C33H49FN4O5S/c1-33(2,3)44(42,43)20-25(16-22-10-6-4-7-11-22)31(40)38-28(18-26-19-35-21-36-26)32(41)37-27(17-23-12-8-5-9-13-23)30(39)29(34)24-14-15-24/h4,6-7,10-11,19,21,23-25,27-30,39H,5,8-9,12-18,20H2,1-3H3,(H,35,36)(H,37,41)(H,38,40)/t25-,27+,28+,29+,30-/m1/s1. The Hall–Kier alpha value is -2.79. The van der Waals surface area contributed by atoms with Gasteiger partial charge >= 0.3 is 0 Å². The molecule has 0 unspecified atom stereocenters. The number of aliphatic hydroxyl groups excluding tert-OH is 1. The van der Waals surface area contributed by atoms with Crippen LogP contribution in [-0.4, -0.2) is 70.2 Å². The monoisotopic (exact) mass is 632 g/mol. The molecule has 2 saturated carbocycles. The Morgan fingerprint density at radius 3 is 2.30 bits per heavy atom. The van der Waals surface area contributed by atoms with Crippen molar-refractivity contribution < 1.29 is 27.5 Å². The third-order valence-corrected chi connectivity index (χ3v) is 11.8. The number of alkyl halides is 1. The van der Waals surface area contributed by atoms with Gasteiger partial charge in [-0.3, -0.25) is 9.59 Å². The van der Waals surface area contributed by atoms with E-state index in [0.717, 1.165) is 50.5 Å². The lowest BCUT2D eigenvalue weighted by Gasteiger charge is -2.33. The van der Waals surface area contributed by atoms with Gasteiger partial charge in [-0.1, -0.05) is 62.4 Å². The summed E-state index contributed by atoms with van der Waals surface area (Å²) in [6, 6.07) is 7.27. The molecular formula is C33H49FN4O5S. The first-order valence-corrected chi connectivity index (χ1v) is 17.7. The Bertz CT molecular complexity index is 1310. The summed E-state index contributed by atoms with van der Waals surface area (Å²) in [6.07, 6.45) is 7.63. The van der Waals surface area contributed by atoms with E-state index < -0.39 is 56.7 Å². The average Bonchev–Trinajstić information content (AvgIpc) is 3.71. The molecule has 2 aliphatic carbocycles. The number of aliphatic hydroxyl groups is 1. The van der Waals surface area contributed by atoms with Crippen molar-refractivity contribution in [1.82, 2.24) is 20.6 Å². The number of aromatic nitrogens is 2. The van der Waals surface area contributed by atoms with Crippen LogP contribution in [0.15, 0.2) is 42.9 Å². The fourth-order valence-electron chi connectivity index (χ4n) is 6.02. The molecule has 0 aliphatic heterocycles. The topological polar surface area (TPSA) is 141 Å². The second-order valence-electron chi connectivity index (χ2n) is 13.7. The van der Waals surface area contributed by atoms with Gasteiger partial charge in [0.25, 0.3) is 0 Å². The van der Waals surface area contributed by atoms with Crippen molar-refractivity contribution in [2.24, 2.45) is 17.8 Å².